The zero-order valence-corrected chi connectivity index (χ0v) is 4.61. The van der Waals surface area contributed by atoms with Crippen LogP contribution in [0.4, 0.5) is 0 Å². The smallest absolute Gasteiger partial charge is 0.0620 e. The predicted molar refractivity (Wildman–Crippen MR) is 28.3 cm³/mol. The Balaban J connectivity index is 2.14. The third kappa shape index (κ3) is 1.14. The van der Waals surface area contributed by atoms with Gasteiger partial charge in [0.05, 0.1) is 6.61 Å². The molecule has 1 saturated heterocycles. The van der Waals surface area contributed by atoms with Gasteiger partial charge < -0.3 is 10.1 Å². The molecule has 1 N–H and O–H groups in total. The van der Waals surface area contributed by atoms with E-state index in [1.807, 2.05) is 7.05 Å². The number of ether oxygens (including phenoxy) is 1. The minimum Gasteiger partial charge on any atom is -0.380 e. The lowest BCUT2D eigenvalue weighted by Gasteiger charge is -2.01. The molecule has 0 unspecified atom stereocenters. The topological polar surface area (TPSA) is 21.3 Å². The highest BCUT2D eigenvalue weighted by molar-refractivity contribution is 4.67. The van der Waals surface area contributed by atoms with Crippen LogP contribution in [-0.4, -0.2) is 26.3 Å². The first-order chi connectivity index (χ1) is 3.43. The Morgan fingerprint density at radius 1 is 1.71 bits per heavy atom. The van der Waals surface area contributed by atoms with E-state index in [-0.39, 0.29) is 0 Å². The van der Waals surface area contributed by atoms with E-state index in [0.717, 1.165) is 13.2 Å². The Labute approximate surface area is 43.9 Å². The van der Waals surface area contributed by atoms with Crippen LogP contribution in [0, 0.1) is 0 Å². The van der Waals surface area contributed by atoms with Crippen molar-refractivity contribution >= 4 is 0 Å². The number of hydrogen-bond donors (Lipinski definition) is 1. The van der Waals surface area contributed by atoms with Crippen LogP contribution in [-0.2, 0) is 4.74 Å². The highest BCUT2D eigenvalue weighted by Gasteiger charge is 2.11. The summed E-state index contributed by atoms with van der Waals surface area (Å²) in [5.74, 6) is 0. The molecule has 1 heterocycles. The molecule has 42 valence electrons. The maximum absolute atomic E-state index is 5.09. The Morgan fingerprint density at radius 3 is 2.86 bits per heavy atom. The summed E-state index contributed by atoms with van der Waals surface area (Å²) in [5, 5.41) is 3.14. The summed E-state index contributed by atoms with van der Waals surface area (Å²) >= 11 is 0. The van der Waals surface area contributed by atoms with Gasteiger partial charge in [-0.3, -0.25) is 0 Å². The summed E-state index contributed by atoms with van der Waals surface area (Å²) < 4.78 is 5.09. The number of nitrogens with one attached hydrogen (secondary N) is 1. The summed E-state index contributed by atoms with van der Waals surface area (Å²) in [6, 6.07) is 0.625. The second-order valence-electron chi connectivity index (χ2n) is 1.85. The number of likely N-dealkylation sites (N-methyl/N-ethyl adjacent to an activating group) is 1. The molecule has 1 atom stereocenters. The van der Waals surface area contributed by atoms with Gasteiger partial charge in [0.15, 0.2) is 0 Å². The van der Waals surface area contributed by atoms with Crippen molar-refractivity contribution in [1.82, 2.24) is 5.32 Å². The highest BCUT2D eigenvalue weighted by Crippen LogP contribution is 2.00. The maximum Gasteiger partial charge on any atom is 0.0620 e. The number of hydrogen-bond acceptors (Lipinski definition) is 2. The normalized spacial score (nSPS) is 31.3. The minimum atomic E-state index is 0.625. The average molecular weight is 101 g/mol. The Morgan fingerprint density at radius 2 is 2.57 bits per heavy atom. The van der Waals surface area contributed by atoms with Crippen molar-refractivity contribution in [3.63, 3.8) is 0 Å². The molecule has 0 aromatic rings. The van der Waals surface area contributed by atoms with E-state index in [2.05, 4.69) is 5.32 Å². The summed E-state index contributed by atoms with van der Waals surface area (Å²) in [5.41, 5.74) is 0. The molecular formula is C5H11NO. The lowest BCUT2D eigenvalue weighted by atomic mass is 10.3. The monoisotopic (exact) mass is 101 g/mol. The maximum atomic E-state index is 5.09. The van der Waals surface area contributed by atoms with Crippen molar-refractivity contribution in [3.05, 3.63) is 0 Å². The van der Waals surface area contributed by atoms with Crippen molar-refractivity contribution < 1.29 is 4.74 Å². The Hall–Kier alpha value is -0.0800. The molecule has 0 aromatic carbocycles. The van der Waals surface area contributed by atoms with Gasteiger partial charge in [0.2, 0.25) is 0 Å². The third-order valence-electron chi connectivity index (χ3n) is 1.34. The zero-order valence-electron chi connectivity index (χ0n) is 4.61. The fraction of sp³-hybridized carbons (Fsp3) is 1.00. The summed E-state index contributed by atoms with van der Waals surface area (Å²) in [6.45, 7) is 1.84. The molecule has 1 aliphatic heterocycles. The van der Waals surface area contributed by atoms with Crippen LogP contribution < -0.4 is 5.32 Å². The zero-order chi connectivity index (χ0) is 5.11. The standard InChI is InChI=1S/C5H11NO/c1-6-5-2-3-7-4-5/h5-6H,2-4H2,1H3/t5-/m1/s1. The van der Waals surface area contributed by atoms with E-state index in [9.17, 15) is 0 Å². The lowest BCUT2D eigenvalue weighted by Crippen LogP contribution is -2.24. The highest BCUT2D eigenvalue weighted by atomic mass is 16.5. The van der Waals surface area contributed by atoms with Crippen LogP contribution in [0.3, 0.4) is 0 Å². The molecule has 1 aliphatic rings. The molecule has 0 aliphatic carbocycles. The molecule has 7 heavy (non-hydrogen) atoms. The van der Waals surface area contributed by atoms with Gasteiger partial charge in [0.1, 0.15) is 0 Å². The molecule has 1 fully saturated rings. The van der Waals surface area contributed by atoms with Crippen LogP contribution in [0.15, 0.2) is 0 Å². The largest absolute Gasteiger partial charge is 0.380 e. The van der Waals surface area contributed by atoms with Crippen molar-refractivity contribution in [2.45, 2.75) is 12.5 Å². The Kier molecular flexibility index (Phi) is 1.65. The Bertz CT molecular complexity index is 50.0. The third-order valence-corrected chi connectivity index (χ3v) is 1.34. The van der Waals surface area contributed by atoms with Crippen LogP contribution >= 0.6 is 0 Å². The molecular weight excluding hydrogens is 90.1 g/mol. The van der Waals surface area contributed by atoms with Gasteiger partial charge in [-0.1, -0.05) is 0 Å². The quantitative estimate of drug-likeness (QED) is 0.501. The van der Waals surface area contributed by atoms with Gasteiger partial charge in [-0.15, -0.1) is 0 Å². The SMILES string of the molecule is CN[C@@H]1CCOC1. The van der Waals surface area contributed by atoms with Gasteiger partial charge in [-0.05, 0) is 13.5 Å². The second-order valence-corrected chi connectivity index (χ2v) is 1.85. The molecule has 0 bridgehead atoms. The van der Waals surface area contributed by atoms with Crippen molar-refractivity contribution in [2.24, 2.45) is 0 Å². The molecule has 0 amide bonds. The van der Waals surface area contributed by atoms with Gasteiger partial charge in [0.25, 0.3) is 0 Å². The minimum absolute atomic E-state index is 0.625. The van der Waals surface area contributed by atoms with E-state index in [1.165, 1.54) is 6.42 Å². The molecule has 0 saturated carbocycles. The number of rotatable bonds is 1. The van der Waals surface area contributed by atoms with Crippen LogP contribution in [0.5, 0.6) is 0 Å². The van der Waals surface area contributed by atoms with Crippen molar-refractivity contribution in [3.8, 4) is 0 Å². The van der Waals surface area contributed by atoms with E-state index >= 15 is 0 Å². The van der Waals surface area contributed by atoms with Crippen molar-refractivity contribution in [1.29, 1.82) is 0 Å². The molecule has 0 radical (unpaired) electrons. The second kappa shape index (κ2) is 2.28. The average Bonchev–Trinajstić information content (AvgIpc) is 2.14. The van der Waals surface area contributed by atoms with Gasteiger partial charge in [0, 0.05) is 12.6 Å². The molecule has 0 spiro atoms. The molecule has 1 rings (SSSR count). The van der Waals surface area contributed by atoms with E-state index in [1.54, 1.807) is 0 Å². The van der Waals surface area contributed by atoms with E-state index in [4.69, 9.17) is 4.74 Å². The molecule has 0 aromatic heterocycles. The van der Waals surface area contributed by atoms with E-state index < -0.39 is 0 Å². The van der Waals surface area contributed by atoms with Crippen LogP contribution in [0.2, 0.25) is 0 Å². The van der Waals surface area contributed by atoms with Gasteiger partial charge in [-0.2, -0.15) is 0 Å². The van der Waals surface area contributed by atoms with Crippen LogP contribution in [0.25, 0.3) is 0 Å². The summed E-state index contributed by atoms with van der Waals surface area (Å²) in [7, 11) is 1.97. The van der Waals surface area contributed by atoms with Gasteiger partial charge in [-0.25, -0.2) is 0 Å². The predicted octanol–water partition coefficient (Wildman–Crippen LogP) is -0.00530. The fourth-order valence-electron chi connectivity index (χ4n) is 0.762. The lowest BCUT2D eigenvalue weighted by molar-refractivity contribution is 0.191. The van der Waals surface area contributed by atoms with Crippen LogP contribution in [0.1, 0.15) is 6.42 Å². The fourth-order valence-corrected chi connectivity index (χ4v) is 0.762. The van der Waals surface area contributed by atoms with Gasteiger partial charge >= 0.3 is 0 Å². The summed E-state index contributed by atoms with van der Waals surface area (Å²) in [6.07, 6.45) is 1.18. The van der Waals surface area contributed by atoms with E-state index in [0.29, 0.717) is 6.04 Å². The first-order valence-corrected chi connectivity index (χ1v) is 2.68. The summed E-state index contributed by atoms with van der Waals surface area (Å²) in [4.78, 5) is 0. The van der Waals surface area contributed by atoms with Crippen molar-refractivity contribution in [2.75, 3.05) is 20.3 Å². The molecule has 2 heteroatoms. The molecule has 2 nitrogen and oxygen atoms in total. The first kappa shape index (κ1) is 5.06. The first-order valence-electron chi connectivity index (χ1n) is 2.68.